The van der Waals surface area contributed by atoms with Crippen molar-refractivity contribution in [1.82, 2.24) is 9.97 Å². The number of amides is 1. The lowest BCUT2D eigenvalue weighted by Crippen LogP contribution is -2.41. The molecule has 1 N–H and O–H groups in total. The second kappa shape index (κ2) is 8.40. The summed E-state index contributed by atoms with van der Waals surface area (Å²) in [4.78, 5) is 23.8. The monoisotopic (exact) mass is 392 g/mol. The standard InChI is InChI=1S/C22H21ClN4O/c23-19-9-4-10-20(12-19)26-21(28)17-8-5-11-27(15-17)22-24-13-18(14-25-22)16-6-2-1-3-7-16/h1-4,6-7,9-10,12-14,17H,5,8,11,15H2,(H,26,28)/t17-/m0/s1. The lowest BCUT2D eigenvalue weighted by molar-refractivity contribution is -0.120. The maximum Gasteiger partial charge on any atom is 0.229 e. The van der Waals surface area contributed by atoms with Gasteiger partial charge in [0.25, 0.3) is 0 Å². The molecule has 0 saturated carbocycles. The van der Waals surface area contributed by atoms with Crippen LogP contribution in [0.4, 0.5) is 11.6 Å². The minimum Gasteiger partial charge on any atom is -0.340 e. The maximum atomic E-state index is 12.7. The van der Waals surface area contributed by atoms with E-state index in [1.54, 1.807) is 12.1 Å². The van der Waals surface area contributed by atoms with Crippen LogP contribution in [-0.2, 0) is 4.79 Å². The van der Waals surface area contributed by atoms with E-state index in [4.69, 9.17) is 11.6 Å². The largest absolute Gasteiger partial charge is 0.340 e. The first-order valence-electron chi connectivity index (χ1n) is 9.38. The Bertz CT molecular complexity index is 946. The van der Waals surface area contributed by atoms with Crippen molar-refractivity contribution < 1.29 is 4.79 Å². The van der Waals surface area contributed by atoms with Gasteiger partial charge in [0.15, 0.2) is 0 Å². The summed E-state index contributed by atoms with van der Waals surface area (Å²) in [5.74, 6) is 0.568. The van der Waals surface area contributed by atoms with Crippen LogP contribution >= 0.6 is 11.6 Å². The molecule has 0 spiro atoms. The number of rotatable bonds is 4. The molecule has 0 radical (unpaired) electrons. The molecular weight excluding hydrogens is 372 g/mol. The molecule has 1 amide bonds. The van der Waals surface area contributed by atoms with Gasteiger partial charge in [-0.25, -0.2) is 9.97 Å². The molecule has 1 aromatic heterocycles. The van der Waals surface area contributed by atoms with Gasteiger partial charge >= 0.3 is 0 Å². The van der Waals surface area contributed by atoms with Crippen molar-refractivity contribution in [2.45, 2.75) is 12.8 Å². The van der Waals surface area contributed by atoms with Gasteiger partial charge < -0.3 is 10.2 Å². The molecule has 0 aliphatic carbocycles. The van der Waals surface area contributed by atoms with Gasteiger partial charge in [-0.1, -0.05) is 48.0 Å². The first-order chi connectivity index (χ1) is 13.7. The van der Waals surface area contributed by atoms with Crippen LogP contribution in [0.2, 0.25) is 5.02 Å². The van der Waals surface area contributed by atoms with Crippen LogP contribution < -0.4 is 10.2 Å². The summed E-state index contributed by atoms with van der Waals surface area (Å²) in [7, 11) is 0. The van der Waals surface area contributed by atoms with Crippen LogP contribution in [0.1, 0.15) is 12.8 Å². The summed E-state index contributed by atoms with van der Waals surface area (Å²) in [6.45, 7) is 1.46. The van der Waals surface area contributed by atoms with Crippen LogP contribution in [0.3, 0.4) is 0 Å². The van der Waals surface area contributed by atoms with Crippen molar-refractivity contribution in [3.63, 3.8) is 0 Å². The number of hydrogen-bond acceptors (Lipinski definition) is 4. The van der Waals surface area contributed by atoms with E-state index in [1.807, 2.05) is 54.9 Å². The van der Waals surface area contributed by atoms with Crippen LogP contribution in [-0.4, -0.2) is 29.0 Å². The minimum atomic E-state index is -0.106. The Hall–Kier alpha value is -2.92. The predicted molar refractivity (Wildman–Crippen MR) is 112 cm³/mol. The summed E-state index contributed by atoms with van der Waals surface area (Å²) < 4.78 is 0. The molecule has 2 heterocycles. The fourth-order valence-electron chi connectivity index (χ4n) is 3.45. The van der Waals surface area contributed by atoms with Gasteiger partial charge in [0.1, 0.15) is 0 Å². The molecule has 6 heteroatoms. The Kier molecular flexibility index (Phi) is 5.53. The number of aromatic nitrogens is 2. The number of halogens is 1. The third-order valence-electron chi connectivity index (χ3n) is 4.91. The van der Waals surface area contributed by atoms with Gasteiger partial charge in [0, 0.05) is 41.8 Å². The first-order valence-corrected chi connectivity index (χ1v) is 9.76. The number of carbonyl (C=O) groups excluding carboxylic acids is 1. The lowest BCUT2D eigenvalue weighted by Gasteiger charge is -2.32. The molecule has 1 atom stereocenters. The van der Waals surface area contributed by atoms with Gasteiger partial charge in [-0.05, 0) is 36.6 Å². The summed E-state index contributed by atoms with van der Waals surface area (Å²) in [6, 6.07) is 17.3. The molecule has 28 heavy (non-hydrogen) atoms. The van der Waals surface area contributed by atoms with Gasteiger partial charge in [-0.2, -0.15) is 0 Å². The number of hydrogen-bond donors (Lipinski definition) is 1. The summed E-state index contributed by atoms with van der Waals surface area (Å²) in [6.07, 6.45) is 5.46. The van der Waals surface area contributed by atoms with Crippen molar-refractivity contribution in [3.05, 3.63) is 72.0 Å². The van der Waals surface area contributed by atoms with E-state index in [2.05, 4.69) is 20.2 Å². The second-order valence-electron chi connectivity index (χ2n) is 6.92. The Labute approximate surface area is 169 Å². The SMILES string of the molecule is O=C(Nc1cccc(Cl)c1)[C@H]1CCCN(c2ncc(-c3ccccc3)cn2)C1. The van der Waals surface area contributed by atoms with E-state index in [-0.39, 0.29) is 11.8 Å². The van der Waals surface area contributed by atoms with Crippen LogP contribution in [0.25, 0.3) is 11.1 Å². The van der Waals surface area contributed by atoms with Gasteiger partial charge in [-0.15, -0.1) is 0 Å². The highest BCUT2D eigenvalue weighted by molar-refractivity contribution is 6.30. The Morgan fingerprint density at radius 2 is 1.82 bits per heavy atom. The topological polar surface area (TPSA) is 58.1 Å². The maximum absolute atomic E-state index is 12.7. The number of nitrogens with zero attached hydrogens (tertiary/aromatic N) is 3. The average Bonchev–Trinajstić information content (AvgIpc) is 2.75. The molecule has 142 valence electrons. The van der Waals surface area contributed by atoms with Gasteiger partial charge in [-0.3, -0.25) is 4.79 Å². The fourth-order valence-corrected chi connectivity index (χ4v) is 3.64. The summed E-state index contributed by atoms with van der Waals surface area (Å²) in [5.41, 5.74) is 2.79. The summed E-state index contributed by atoms with van der Waals surface area (Å²) in [5, 5.41) is 3.57. The molecular formula is C22H21ClN4O. The third kappa shape index (κ3) is 4.31. The zero-order chi connectivity index (χ0) is 19.3. The number of anilines is 2. The molecule has 4 rings (SSSR count). The molecule has 1 aliphatic rings. The average molecular weight is 393 g/mol. The molecule has 1 saturated heterocycles. The lowest BCUT2D eigenvalue weighted by atomic mass is 9.97. The Morgan fingerprint density at radius 1 is 1.04 bits per heavy atom. The second-order valence-corrected chi connectivity index (χ2v) is 7.36. The van der Waals surface area contributed by atoms with E-state index < -0.39 is 0 Å². The van der Waals surface area contributed by atoms with Crippen molar-refractivity contribution >= 4 is 29.1 Å². The van der Waals surface area contributed by atoms with E-state index in [0.29, 0.717) is 17.5 Å². The van der Waals surface area contributed by atoms with Crippen LogP contribution in [0.5, 0.6) is 0 Å². The van der Waals surface area contributed by atoms with Crippen molar-refractivity contribution in [2.75, 3.05) is 23.3 Å². The van der Waals surface area contributed by atoms with Crippen LogP contribution in [0.15, 0.2) is 67.0 Å². The van der Waals surface area contributed by atoms with Crippen molar-refractivity contribution in [2.24, 2.45) is 5.92 Å². The van der Waals surface area contributed by atoms with Crippen LogP contribution in [0, 0.1) is 5.92 Å². The molecule has 0 unspecified atom stereocenters. The predicted octanol–water partition coefficient (Wildman–Crippen LogP) is 4.65. The van der Waals surface area contributed by atoms with E-state index >= 15 is 0 Å². The summed E-state index contributed by atoms with van der Waals surface area (Å²) >= 11 is 6.00. The quantitative estimate of drug-likeness (QED) is 0.702. The zero-order valence-corrected chi connectivity index (χ0v) is 16.1. The molecule has 1 aliphatic heterocycles. The van der Waals surface area contributed by atoms with E-state index in [1.165, 1.54) is 0 Å². The highest BCUT2D eigenvalue weighted by atomic mass is 35.5. The first kappa shape index (κ1) is 18.4. The Morgan fingerprint density at radius 3 is 2.57 bits per heavy atom. The highest BCUT2D eigenvalue weighted by Gasteiger charge is 2.27. The molecule has 0 bridgehead atoms. The number of carbonyl (C=O) groups is 1. The molecule has 3 aromatic rings. The minimum absolute atomic E-state index is 0.00729. The third-order valence-corrected chi connectivity index (χ3v) is 5.15. The van der Waals surface area contributed by atoms with E-state index in [0.717, 1.165) is 36.2 Å². The van der Waals surface area contributed by atoms with Crippen molar-refractivity contribution in [3.8, 4) is 11.1 Å². The van der Waals surface area contributed by atoms with E-state index in [9.17, 15) is 4.79 Å². The number of piperidine rings is 1. The van der Waals surface area contributed by atoms with Crippen molar-refractivity contribution in [1.29, 1.82) is 0 Å². The Balaban J connectivity index is 1.42. The fraction of sp³-hybridized carbons (Fsp3) is 0.227. The molecule has 2 aromatic carbocycles. The van der Waals surface area contributed by atoms with Gasteiger partial charge in [0.05, 0.1) is 5.92 Å². The highest BCUT2D eigenvalue weighted by Crippen LogP contribution is 2.24. The molecule has 1 fully saturated rings. The molecule has 5 nitrogen and oxygen atoms in total. The smallest absolute Gasteiger partial charge is 0.229 e. The number of benzene rings is 2. The zero-order valence-electron chi connectivity index (χ0n) is 15.4. The normalized spacial score (nSPS) is 16.6. The number of nitrogens with one attached hydrogen (secondary N) is 1. The van der Waals surface area contributed by atoms with Gasteiger partial charge in [0.2, 0.25) is 11.9 Å².